The topological polar surface area (TPSA) is 36.1 Å². The van der Waals surface area contributed by atoms with Crippen LogP contribution in [0.1, 0.15) is 18.0 Å². The predicted octanol–water partition coefficient (Wildman–Crippen LogP) is 0.771. The molecule has 0 aliphatic carbocycles. The summed E-state index contributed by atoms with van der Waals surface area (Å²) in [6, 6.07) is 10.9. The van der Waals surface area contributed by atoms with E-state index in [1.54, 1.807) is 0 Å². The highest BCUT2D eigenvalue weighted by Gasteiger charge is 2.22. The number of hydrogen-bond acceptors (Lipinski definition) is 3. The maximum atomic E-state index is 3.26. The smallest absolute Gasteiger partial charge is 0.0720 e. The Morgan fingerprint density at radius 2 is 2.00 bits per heavy atom. The Hall–Kier alpha value is -0.900. The molecule has 0 radical (unpaired) electrons. The summed E-state index contributed by atoms with van der Waals surface area (Å²) in [4.78, 5) is 0. The quantitative estimate of drug-likeness (QED) is 0.624. The molecule has 3 heteroatoms. The van der Waals surface area contributed by atoms with Gasteiger partial charge in [0.25, 0.3) is 0 Å². The van der Waals surface area contributed by atoms with E-state index in [0.29, 0.717) is 12.2 Å². The number of rotatable bonds is 2. The average Bonchev–Trinajstić information content (AvgIpc) is 2.67. The standard InChI is InChI=1S/C10H15N3/c1-11-10-7-9(12-13-10)8-5-3-2-4-6-8/h2-6,9-13H,7H2,1H3. The predicted molar refractivity (Wildman–Crippen MR) is 52.9 cm³/mol. The first-order valence-electron chi connectivity index (χ1n) is 4.63. The van der Waals surface area contributed by atoms with Gasteiger partial charge in [0.15, 0.2) is 0 Å². The Balaban J connectivity index is 2.04. The summed E-state index contributed by atoms with van der Waals surface area (Å²) in [7, 11) is 1.96. The van der Waals surface area contributed by atoms with Crippen LogP contribution in [0.2, 0.25) is 0 Å². The number of benzene rings is 1. The maximum Gasteiger partial charge on any atom is 0.0720 e. The second-order valence-electron chi connectivity index (χ2n) is 3.33. The molecule has 1 aromatic carbocycles. The summed E-state index contributed by atoms with van der Waals surface area (Å²) in [6.07, 6.45) is 1.46. The van der Waals surface area contributed by atoms with Crippen LogP contribution in [-0.4, -0.2) is 13.2 Å². The van der Waals surface area contributed by atoms with E-state index in [2.05, 4.69) is 40.4 Å². The van der Waals surface area contributed by atoms with Crippen LogP contribution in [0.4, 0.5) is 0 Å². The van der Waals surface area contributed by atoms with Gasteiger partial charge in [0, 0.05) is 6.04 Å². The molecule has 2 rings (SSSR count). The van der Waals surface area contributed by atoms with Crippen LogP contribution in [0, 0.1) is 0 Å². The lowest BCUT2D eigenvalue weighted by Crippen LogP contribution is -2.38. The summed E-state index contributed by atoms with van der Waals surface area (Å²) in [6.45, 7) is 0. The van der Waals surface area contributed by atoms with Crippen LogP contribution in [0.3, 0.4) is 0 Å². The van der Waals surface area contributed by atoms with Crippen molar-refractivity contribution in [2.45, 2.75) is 18.6 Å². The minimum atomic E-state index is 0.380. The molecule has 1 saturated heterocycles. The van der Waals surface area contributed by atoms with E-state index in [9.17, 15) is 0 Å². The monoisotopic (exact) mass is 177 g/mol. The summed E-state index contributed by atoms with van der Waals surface area (Å²) < 4.78 is 0. The molecule has 0 spiro atoms. The molecule has 0 amide bonds. The van der Waals surface area contributed by atoms with Crippen molar-refractivity contribution in [3.8, 4) is 0 Å². The fraction of sp³-hybridized carbons (Fsp3) is 0.400. The molecular formula is C10H15N3. The molecule has 2 unspecified atom stereocenters. The van der Waals surface area contributed by atoms with Gasteiger partial charge in [-0.2, -0.15) is 0 Å². The Bertz CT molecular complexity index is 260. The Kier molecular flexibility index (Phi) is 2.59. The molecule has 3 nitrogen and oxygen atoms in total. The zero-order valence-electron chi connectivity index (χ0n) is 7.75. The highest BCUT2D eigenvalue weighted by atomic mass is 15.5. The molecule has 0 bridgehead atoms. The van der Waals surface area contributed by atoms with Gasteiger partial charge < -0.3 is 5.32 Å². The highest BCUT2D eigenvalue weighted by Crippen LogP contribution is 2.20. The summed E-state index contributed by atoms with van der Waals surface area (Å²) >= 11 is 0. The van der Waals surface area contributed by atoms with Crippen molar-refractivity contribution in [1.29, 1.82) is 0 Å². The Morgan fingerprint density at radius 1 is 1.23 bits per heavy atom. The third kappa shape index (κ3) is 1.88. The van der Waals surface area contributed by atoms with Gasteiger partial charge >= 0.3 is 0 Å². The van der Waals surface area contributed by atoms with Crippen molar-refractivity contribution in [2.24, 2.45) is 0 Å². The van der Waals surface area contributed by atoms with Crippen molar-refractivity contribution in [3.63, 3.8) is 0 Å². The third-order valence-electron chi connectivity index (χ3n) is 2.45. The van der Waals surface area contributed by atoms with Gasteiger partial charge in [0.2, 0.25) is 0 Å². The van der Waals surface area contributed by atoms with Crippen molar-refractivity contribution < 1.29 is 0 Å². The van der Waals surface area contributed by atoms with Crippen LogP contribution in [0.5, 0.6) is 0 Å². The van der Waals surface area contributed by atoms with E-state index in [1.165, 1.54) is 5.56 Å². The van der Waals surface area contributed by atoms with E-state index >= 15 is 0 Å². The molecular weight excluding hydrogens is 162 g/mol. The van der Waals surface area contributed by atoms with Gasteiger partial charge in [-0.25, -0.2) is 10.9 Å². The van der Waals surface area contributed by atoms with Gasteiger partial charge in [-0.1, -0.05) is 30.3 Å². The molecule has 70 valence electrons. The van der Waals surface area contributed by atoms with Gasteiger partial charge in [-0.3, -0.25) is 0 Å². The second kappa shape index (κ2) is 3.87. The van der Waals surface area contributed by atoms with Crippen molar-refractivity contribution in [1.82, 2.24) is 16.2 Å². The maximum absolute atomic E-state index is 3.26. The van der Waals surface area contributed by atoms with Crippen LogP contribution >= 0.6 is 0 Å². The van der Waals surface area contributed by atoms with E-state index in [-0.39, 0.29) is 0 Å². The highest BCUT2D eigenvalue weighted by molar-refractivity contribution is 5.19. The lowest BCUT2D eigenvalue weighted by molar-refractivity contribution is 0.494. The molecule has 0 aromatic heterocycles. The van der Waals surface area contributed by atoms with Crippen LogP contribution in [0.25, 0.3) is 0 Å². The average molecular weight is 177 g/mol. The first-order chi connectivity index (χ1) is 6.40. The fourth-order valence-corrected chi connectivity index (χ4v) is 1.65. The van der Waals surface area contributed by atoms with Crippen LogP contribution < -0.4 is 16.2 Å². The molecule has 1 aliphatic heterocycles. The van der Waals surface area contributed by atoms with Crippen LogP contribution in [0.15, 0.2) is 30.3 Å². The summed E-state index contributed by atoms with van der Waals surface area (Å²) in [5.41, 5.74) is 7.80. The van der Waals surface area contributed by atoms with Crippen molar-refractivity contribution >= 4 is 0 Å². The molecule has 1 aliphatic rings. The zero-order chi connectivity index (χ0) is 9.10. The lowest BCUT2D eigenvalue weighted by atomic mass is 10.1. The lowest BCUT2D eigenvalue weighted by Gasteiger charge is -2.08. The minimum absolute atomic E-state index is 0.380. The third-order valence-corrected chi connectivity index (χ3v) is 2.45. The summed E-state index contributed by atoms with van der Waals surface area (Å²) in [5, 5.41) is 3.19. The largest absolute Gasteiger partial charge is 0.304 e. The molecule has 3 N–H and O–H groups in total. The molecule has 0 saturated carbocycles. The van der Waals surface area contributed by atoms with Gasteiger partial charge in [0.05, 0.1) is 6.17 Å². The SMILES string of the molecule is CNC1CC(c2ccccc2)NN1. The second-order valence-corrected chi connectivity index (χ2v) is 3.33. The zero-order valence-corrected chi connectivity index (χ0v) is 7.75. The minimum Gasteiger partial charge on any atom is -0.304 e. The number of hydrazine groups is 1. The number of hydrogen-bond donors (Lipinski definition) is 3. The molecule has 2 atom stereocenters. The van der Waals surface area contributed by atoms with Crippen LogP contribution in [-0.2, 0) is 0 Å². The normalized spacial score (nSPS) is 27.8. The van der Waals surface area contributed by atoms with E-state index in [0.717, 1.165) is 6.42 Å². The van der Waals surface area contributed by atoms with Crippen molar-refractivity contribution in [3.05, 3.63) is 35.9 Å². The molecule has 1 aromatic rings. The fourth-order valence-electron chi connectivity index (χ4n) is 1.65. The van der Waals surface area contributed by atoms with Crippen molar-refractivity contribution in [2.75, 3.05) is 7.05 Å². The van der Waals surface area contributed by atoms with Gasteiger partial charge in [0.1, 0.15) is 0 Å². The molecule has 1 fully saturated rings. The van der Waals surface area contributed by atoms with E-state index < -0.39 is 0 Å². The van der Waals surface area contributed by atoms with Gasteiger partial charge in [-0.15, -0.1) is 0 Å². The molecule has 13 heavy (non-hydrogen) atoms. The molecule has 1 heterocycles. The van der Waals surface area contributed by atoms with E-state index in [4.69, 9.17) is 0 Å². The first-order valence-corrected chi connectivity index (χ1v) is 4.63. The summed E-state index contributed by atoms with van der Waals surface area (Å²) in [5.74, 6) is 0. The Labute approximate surface area is 78.5 Å². The number of nitrogens with one attached hydrogen (secondary N) is 3. The Morgan fingerprint density at radius 3 is 2.62 bits per heavy atom. The van der Waals surface area contributed by atoms with Gasteiger partial charge in [-0.05, 0) is 19.0 Å². The van der Waals surface area contributed by atoms with E-state index in [1.807, 2.05) is 13.1 Å². The first kappa shape index (κ1) is 8.69.